The third kappa shape index (κ3) is 3.88. The molecule has 4 nitrogen and oxygen atoms in total. The summed E-state index contributed by atoms with van der Waals surface area (Å²) in [5.41, 5.74) is 2.60. The number of hydrogen-bond acceptors (Lipinski definition) is 3. The molecule has 22 heavy (non-hydrogen) atoms. The summed E-state index contributed by atoms with van der Waals surface area (Å²) >= 11 is 0. The van der Waals surface area contributed by atoms with E-state index in [1.54, 1.807) is 6.08 Å². The van der Waals surface area contributed by atoms with E-state index in [4.69, 9.17) is 0 Å². The summed E-state index contributed by atoms with van der Waals surface area (Å²) in [6, 6.07) is 13.6. The highest BCUT2D eigenvalue weighted by atomic mass is 16.6. The average molecular weight is 295 g/mol. The van der Waals surface area contributed by atoms with Crippen molar-refractivity contribution in [2.45, 2.75) is 19.8 Å². The highest BCUT2D eigenvalue weighted by Gasteiger charge is 2.07. The Morgan fingerprint density at radius 2 is 1.64 bits per heavy atom. The van der Waals surface area contributed by atoms with E-state index in [-0.39, 0.29) is 11.5 Å². The van der Waals surface area contributed by atoms with E-state index in [2.05, 4.69) is 13.8 Å². The summed E-state index contributed by atoms with van der Waals surface area (Å²) in [7, 11) is 0. The Kier molecular flexibility index (Phi) is 4.84. The van der Waals surface area contributed by atoms with Gasteiger partial charge in [-0.05, 0) is 35.3 Å². The molecule has 0 saturated carbocycles. The predicted molar refractivity (Wildman–Crippen MR) is 87.0 cm³/mol. The van der Waals surface area contributed by atoms with Crippen molar-refractivity contribution in [1.29, 1.82) is 0 Å². The van der Waals surface area contributed by atoms with E-state index in [9.17, 15) is 14.9 Å². The van der Waals surface area contributed by atoms with Crippen molar-refractivity contribution in [2.24, 2.45) is 0 Å². The zero-order valence-corrected chi connectivity index (χ0v) is 12.5. The Morgan fingerprint density at radius 3 is 2.14 bits per heavy atom. The lowest BCUT2D eigenvalue weighted by Crippen LogP contribution is -1.95. The fourth-order valence-electron chi connectivity index (χ4n) is 2.01. The summed E-state index contributed by atoms with van der Waals surface area (Å²) in [5, 5.41) is 10.6. The van der Waals surface area contributed by atoms with Gasteiger partial charge in [0.05, 0.1) is 4.92 Å². The second kappa shape index (κ2) is 6.80. The van der Waals surface area contributed by atoms with Gasteiger partial charge in [-0.2, -0.15) is 0 Å². The van der Waals surface area contributed by atoms with Gasteiger partial charge in [-0.3, -0.25) is 14.9 Å². The standard InChI is InChI=1S/C18H17NO3/c1-13(2)15-6-3-14(4-7-15)5-12-18(20)16-8-10-17(11-9-16)19(21)22/h3-13H,1-2H3. The van der Waals surface area contributed by atoms with Crippen LogP contribution in [0.3, 0.4) is 0 Å². The molecule has 2 rings (SSSR count). The maximum absolute atomic E-state index is 12.0. The van der Waals surface area contributed by atoms with Gasteiger partial charge in [0, 0.05) is 17.7 Å². The van der Waals surface area contributed by atoms with E-state index >= 15 is 0 Å². The van der Waals surface area contributed by atoms with Crippen LogP contribution in [-0.2, 0) is 0 Å². The topological polar surface area (TPSA) is 60.2 Å². The maximum atomic E-state index is 12.0. The quantitative estimate of drug-likeness (QED) is 0.350. The van der Waals surface area contributed by atoms with Gasteiger partial charge in [0.25, 0.3) is 5.69 Å². The highest BCUT2D eigenvalue weighted by Crippen LogP contribution is 2.16. The zero-order valence-electron chi connectivity index (χ0n) is 12.5. The van der Waals surface area contributed by atoms with Gasteiger partial charge in [0.2, 0.25) is 0 Å². The zero-order chi connectivity index (χ0) is 16.1. The van der Waals surface area contributed by atoms with Gasteiger partial charge in [-0.25, -0.2) is 0 Å². The van der Waals surface area contributed by atoms with Crippen LogP contribution < -0.4 is 0 Å². The first-order valence-corrected chi connectivity index (χ1v) is 7.04. The predicted octanol–water partition coefficient (Wildman–Crippen LogP) is 4.61. The van der Waals surface area contributed by atoms with Crippen LogP contribution in [0.2, 0.25) is 0 Å². The van der Waals surface area contributed by atoms with Crippen LogP contribution in [0.1, 0.15) is 41.3 Å². The second-order valence-corrected chi connectivity index (χ2v) is 5.32. The monoisotopic (exact) mass is 295 g/mol. The first-order valence-electron chi connectivity index (χ1n) is 7.04. The summed E-state index contributed by atoms with van der Waals surface area (Å²) in [5.74, 6) is 0.294. The number of allylic oxidation sites excluding steroid dienone is 1. The second-order valence-electron chi connectivity index (χ2n) is 5.32. The number of non-ortho nitro benzene ring substituents is 1. The minimum Gasteiger partial charge on any atom is -0.289 e. The molecule has 0 N–H and O–H groups in total. The number of rotatable bonds is 5. The molecule has 0 aliphatic rings. The smallest absolute Gasteiger partial charge is 0.269 e. The molecule has 112 valence electrons. The van der Waals surface area contributed by atoms with Crippen molar-refractivity contribution < 1.29 is 9.72 Å². The Balaban J connectivity index is 2.08. The molecule has 0 bridgehead atoms. The van der Waals surface area contributed by atoms with Crippen LogP contribution in [0.4, 0.5) is 5.69 Å². The van der Waals surface area contributed by atoms with E-state index in [1.807, 2.05) is 24.3 Å². The number of benzene rings is 2. The Morgan fingerprint density at radius 1 is 1.05 bits per heavy atom. The van der Waals surface area contributed by atoms with Crippen molar-refractivity contribution in [3.8, 4) is 0 Å². The van der Waals surface area contributed by atoms with Crippen LogP contribution >= 0.6 is 0 Å². The maximum Gasteiger partial charge on any atom is 0.269 e. The lowest BCUT2D eigenvalue weighted by Gasteiger charge is -2.04. The van der Waals surface area contributed by atoms with Crippen LogP contribution in [0.25, 0.3) is 6.08 Å². The molecule has 0 saturated heterocycles. The average Bonchev–Trinajstić information content (AvgIpc) is 2.53. The Bertz CT molecular complexity index is 698. The van der Waals surface area contributed by atoms with Gasteiger partial charge in [0.15, 0.2) is 5.78 Å². The molecule has 0 unspecified atom stereocenters. The largest absolute Gasteiger partial charge is 0.289 e. The third-order valence-electron chi connectivity index (χ3n) is 3.39. The van der Waals surface area contributed by atoms with E-state index < -0.39 is 4.92 Å². The fourth-order valence-corrected chi connectivity index (χ4v) is 2.01. The fraction of sp³-hybridized carbons (Fsp3) is 0.167. The summed E-state index contributed by atoms with van der Waals surface area (Å²) in [4.78, 5) is 22.1. The molecule has 2 aromatic rings. The van der Waals surface area contributed by atoms with Gasteiger partial charge >= 0.3 is 0 Å². The van der Waals surface area contributed by atoms with E-state index in [1.165, 1.54) is 35.9 Å². The first-order chi connectivity index (χ1) is 10.5. The number of nitro benzene ring substituents is 1. The molecule has 2 aromatic carbocycles. The number of ketones is 1. The van der Waals surface area contributed by atoms with Crippen LogP contribution in [0, 0.1) is 10.1 Å². The molecule has 0 aromatic heterocycles. The normalized spacial score (nSPS) is 11.0. The molecule has 0 heterocycles. The van der Waals surface area contributed by atoms with Crippen molar-refractivity contribution in [3.63, 3.8) is 0 Å². The van der Waals surface area contributed by atoms with Crippen molar-refractivity contribution in [1.82, 2.24) is 0 Å². The minimum absolute atomic E-state index is 0.0233. The van der Waals surface area contributed by atoms with Crippen LogP contribution in [-0.4, -0.2) is 10.7 Å². The molecule has 0 aliphatic heterocycles. The molecular weight excluding hydrogens is 278 g/mol. The number of nitro groups is 1. The number of carbonyl (C=O) groups excluding carboxylic acids is 1. The first kappa shape index (κ1) is 15.6. The molecule has 4 heteroatoms. The summed E-state index contributed by atoms with van der Waals surface area (Å²) in [6.07, 6.45) is 3.22. The van der Waals surface area contributed by atoms with Crippen LogP contribution in [0.15, 0.2) is 54.6 Å². The summed E-state index contributed by atoms with van der Waals surface area (Å²) < 4.78 is 0. The van der Waals surface area contributed by atoms with E-state index in [0.29, 0.717) is 11.5 Å². The Hall–Kier alpha value is -2.75. The van der Waals surface area contributed by atoms with Crippen LogP contribution in [0.5, 0.6) is 0 Å². The SMILES string of the molecule is CC(C)c1ccc(C=CC(=O)c2ccc([N+](=O)[O-])cc2)cc1. The molecule has 0 amide bonds. The molecular formula is C18H17NO3. The number of nitrogens with zero attached hydrogens (tertiary/aromatic N) is 1. The molecule has 0 fully saturated rings. The highest BCUT2D eigenvalue weighted by molar-refractivity contribution is 6.06. The molecule has 0 radical (unpaired) electrons. The number of hydrogen-bond donors (Lipinski definition) is 0. The van der Waals surface area contributed by atoms with Crippen molar-refractivity contribution >= 4 is 17.5 Å². The van der Waals surface area contributed by atoms with E-state index in [0.717, 1.165) is 5.56 Å². The third-order valence-corrected chi connectivity index (χ3v) is 3.39. The molecule has 0 aliphatic carbocycles. The lowest BCUT2D eigenvalue weighted by molar-refractivity contribution is -0.384. The summed E-state index contributed by atoms with van der Waals surface area (Å²) in [6.45, 7) is 4.26. The lowest BCUT2D eigenvalue weighted by atomic mass is 10.0. The Labute approximate surface area is 129 Å². The minimum atomic E-state index is -0.486. The van der Waals surface area contributed by atoms with Crippen molar-refractivity contribution in [3.05, 3.63) is 81.4 Å². The van der Waals surface area contributed by atoms with Gasteiger partial charge in [-0.15, -0.1) is 0 Å². The van der Waals surface area contributed by atoms with Gasteiger partial charge in [-0.1, -0.05) is 44.2 Å². The van der Waals surface area contributed by atoms with Crippen molar-refractivity contribution in [2.75, 3.05) is 0 Å². The molecule has 0 spiro atoms. The number of carbonyl (C=O) groups is 1. The van der Waals surface area contributed by atoms with Gasteiger partial charge < -0.3 is 0 Å². The molecule has 0 atom stereocenters. The van der Waals surface area contributed by atoms with Gasteiger partial charge in [0.1, 0.15) is 0 Å².